The highest BCUT2D eigenvalue weighted by molar-refractivity contribution is 6.28. The van der Waals surface area contributed by atoms with Gasteiger partial charge >= 0.3 is 0 Å². The highest BCUT2D eigenvalue weighted by atomic mass is 15.1. The molecule has 2 nitrogen and oxygen atoms in total. The van der Waals surface area contributed by atoms with Crippen molar-refractivity contribution in [1.82, 2.24) is 4.40 Å². The number of rotatable bonds is 5. The molecule has 0 bridgehead atoms. The molecule has 10 aromatic rings. The molecular weight excluding hydrogens is 665 g/mol. The number of para-hydroxylation sites is 2. The Morgan fingerprint density at radius 2 is 1.09 bits per heavy atom. The van der Waals surface area contributed by atoms with Crippen LogP contribution in [0.4, 0.5) is 17.1 Å². The fraction of sp³-hybridized carbons (Fsp3) is 0.0566. The molecule has 0 amide bonds. The van der Waals surface area contributed by atoms with Crippen LogP contribution in [0.25, 0.3) is 48.9 Å². The average molecular weight is 701 g/mol. The molecule has 0 radical (unpaired) electrons. The first kappa shape index (κ1) is 30.6. The van der Waals surface area contributed by atoms with Crippen LogP contribution in [-0.4, -0.2) is 4.40 Å². The van der Waals surface area contributed by atoms with Crippen LogP contribution in [-0.2, 0) is 5.41 Å². The third kappa shape index (κ3) is 4.14. The van der Waals surface area contributed by atoms with E-state index in [2.05, 4.69) is 216 Å². The predicted molar refractivity (Wildman–Crippen MR) is 231 cm³/mol. The lowest BCUT2D eigenvalue weighted by Gasteiger charge is -2.38. The number of pyridine rings is 1. The van der Waals surface area contributed by atoms with Gasteiger partial charge in [0.2, 0.25) is 0 Å². The molecule has 0 spiro atoms. The first-order valence-corrected chi connectivity index (χ1v) is 19.4. The maximum atomic E-state index is 2.52. The van der Waals surface area contributed by atoms with Gasteiger partial charge in [0, 0.05) is 50.4 Å². The van der Waals surface area contributed by atoms with Crippen molar-refractivity contribution in [3.8, 4) is 0 Å². The van der Waals surface area contributed by atoms with E-state index in [1.54, 1.807) is 0 Å². The van der Waals surface area contributed by atoms with E-state index in [1.165, 1.54) is 71.1 Å². The summed E-state index contributed by atoms with van der Waals surface area (Å²) in [6, 6.07) is 67.7. The second-order valence-electron chi connectivity index (χ2n) is 15.2. The van der Waals surface area contributed by atoms with E-state index in [1.807, 2.05) is 0 Å². The normalized spacial score (nSPS) is 17.1. The molecule has 0 N–H and O–H groups in total. The molecule has 0 aliphatic heterocycles. The summed E-state index contributed by atoms with van der Waals surface area (Å²) in [5.41, 5.74) is 12.3. The lowest BCUT2D eigenvalue weighted by atomic mass is 9.63. The molecule has 0 fully saturated rings. The van der Waals surface area contributed by atoms with Crippen LogP contribution < -0.4 is 4.90 Å². The van der Waals surface area contributed by atoms with Crippen molar-refractivity contribution in [2.24, 2.45) is 5.92 Å². The molecule has 2 heterocycles. The lowest BCUT2D eigenvalue weighted by Crippen LogP contribution is -2.35. The molecule has 2 aromatic heterocycles. The van der Waals surface area contributed by atoms with Crippen molar-refractivity contribution in [1.29, 1.82) is 0 Å². The van der Waals surface area contributed by atoms with Gasteiger partial charge in [0.15, 0.2) is 0 Å². The van der Waals surface area contributed by atoms with Crippen LogP contribution in [0.3, 0.4) is 0 Å². The third-order valence-electron chi connectivity index (χ3n) is 12.6. The number of nitrogens with zero attached hydrogens (tertiary/aromatic N) is 2. The standard InChI is InChI=1S/C53H36N2/c1-4-16-36(17-5-1)53(37-18-6-2-7-19-37)47-25-12-10-22-41(47)46-33-39(29-32-48(46)53)54(38-20-8-3-9-21-38)40-28-31-43-45-30-27-35-15-14-24-44-42-23-11-13-26-49(42)55(50(43)34-40)52(45)51(35)44/h1-34,41,47H. The van der Waals surface area contributed by atoms with Gasteiger partial charge in [-0.05, 0) is 75.5 Å². The van der Waals surface area contributed by atoms with Gasteiger partial charge in [-0.25, -0.2) is 0 Å². The number of hydrogen-bond acceptors (Lipinski definition) is 1. The van der Waals surface area contributed by atoms with Gasteiger partial charge in [-0.15, -0.1) is 0 Å². The van der Waals surface area contributed by atoms with E-state index in [4.69, 9.17) is 0 Å². The first-order valence-electron chi connectivity index (χ1n) is 19.4. The Balaban J connectivity index is 1.12. The summed E-state index contributed by atoms with van der Waals surface area (Å²) in [5, 5.41) is 7.76. The molecule has 12 rings (SSSR count). The molecule has 8 aromatic carbocycles. The van der Waals surface area contributed by atoms with Crippen molar-refractivity contribution in [2.45, 2.75) is 11.3 Å². The Labute approximate surface area is 319 Å². The summed E-state index contributed by atoms with van der Waals surface area (Å²) in [7, 11) is 0. The molecule has 2 aliphatic carbocycles. The number of benzene rings is 8. The van der Waals surface area contributed by atoms with Crippen molar-refractivity contribution in [3.63, 3.8) is 0 Å². The molecule has 0 saturated carbocycles. The van der Waals surface area contributed by atoms with Crippen LogP contribution >= 0.6 is 0 Å². The SMILES string of the molecule is C1=CC2c3cc(N(c4ccccc4)c4ccc5c6ccc7cccc8c9ccccc9n(c5c4)c6c78)ccc3C(c3ccccc3)(c3ccccc3)C2C=C1. The second-order valence-corrected chi connectivity index (χ2v) is 15.2. The predicted octanol–water partition coefficient (Wildman–Crippen LogP) is 13.6. The Bertz CT molecular complexity index is 3110. The van der Waals surface area contributed by atoms with Crippen LogP contribution in [0.1, 0.15) is 28.2 Å². The number of fused-ring (bicyclic) bond motifs is 9. The molecule has 55 heavy (non-hydrogen) atoms. The average Bonchev–Trinajstić information content (AvgIpc) is 3.75. The fourth-order valence-electron chi connectivity index (χ4n) is 10.5. The van der Waals surface area contributed by atoms with Crippen LogP contribution in [0, 0.1) is 5.92 Å². The van der Waals surface area contributed by atoms with E-state index in [9.17, 15) is 0 Å². The van der Waals surface area contributed by atoms with E-state index >= 15 is 0 Å². The van der Waals surface area contributed by atoms with E-state index in [-0.39, 0.29) is 17.3 Å². The van der Waals surface area contributed by atoms with Gasteiger partial charge in [0.1, 0.15) is 0 Å². The van der Waals surface area contributed by atoms with Gasteiger partial charge in [-0.2, -0.15) is 0 Å². The summed E-state index contributed by atoms with van der Waals surface area (Å²) >= 11 is 0. The highest BCUT2D eigenvalue weighted by Gasteiger charge is 2.53. The van der Waals surface area contributed by atoms with Gasteiger partial charge in [0.05, 0.1) is 22.0 Å². The Hall–Kier alpha value is -6.90. The van der Waals surface area contributed by atoms with E-state index in [0.717, 1.165) is 17.1 Å². The topological polar surface area (TPSA) is 7.65 Å². The van der Waals surface area contributed by atoms with Gasteiger partial charge in [-0.3, -0.25) is 0 Å². The minimum atomic E-state index is -0.317. The zero-order valence-corrected chi connectivity index (χ0v) is 30.2. The van der Waals surface area contributed by atoms with Crippen molar-refractivity contribution < 1.29 is 0 Å². The molecular formula is C53H36N2. The quantitative estimate of drug-likeness (QED) is 0.128. The largest absolute Gasteiger partial charge is 0.310 e. The van der Waals surface area contributed by atoms with Crippen molar-refractivity contribution >= 4 is 65.9 Å². The Morgan fingerprint density at radius 3 is 1.89 bits per heavy atom. The minimum absolute atomic E-state index is 0.236. The van der Waals surface area contributed by atoms with Crippen molar-refractivity contribution in [3.05, 3.63) is 229 Å². The summed E-state index contributed by atoms with van der Waals surface area (Å²) in [6.07, 6.45) is 9.36. The van der Waals surface area contributed by atoms with Crippen LogP contribution in [0.5, 0.6) is 0 Å². The van der Waals surface area contributed by atoms with Gasteiger partial charge in [-0.1, -0.05) is 164 Å². The number of hydrogen-bond donors (Lipinski definition) is 0. The molecule has 2 atom stereocenters. The Kier molecular flexibility index (Phi) is 6.41. The second kappa shape index (κ2) is 11.5. The van der Waals surface area contributed by atoms with Crippen LogP contribution in [0.2, 0.25) is 0 Å². The zero-order valence-electron chi connectivity index (χ0n) is 30.2. The minimum Gasteiger partial charge on any atom is -0.310 e. The molecule has 2 heteroatoms. The van der Waals surface area contributed by atoms with Gasteiger partial charge < -0.3 is 9.30 Å². The zero-order chi connectivity index (χ0) is 36.1. The third-order valence-corrected chi connectivity index (χ3v) is 12.6. The maximum Gasteiger partial charge on any atom is 0.0626 e. The number of anilines is 3. The fourth-order valence-corrected chi connectivity index (χ4v) is 10.5. The summed E-state index contributed by atoms with van der Waals surface area (Å²) in [4.78, 5) is 2.45. The maximum absolute atomic E-state index is 2.52. The first-order chi connectivity index (χ1) is 27.3. The lowest BCUT2D eigenvalue weighted by molar-refractivity contribution is 0.456. The Morgan fingerprint density at radius 1 is 0.455 bits per heavy atom. The molecule has 258 valence electrons. The monoisotopic (exact) mass is 700 g/mol. The smallest absolute Gasteiger partial charge is 0.0626 e. The van der Waals surface area contributed by atoms with E-state index < -0.39 is 0 Å². The van der Waals surface area contributed by atoms with E-state index in [0.29, 0.717) is 0 Å². The van der Waals surface area contributed by atoms with Crippen molar-refractivity contribution in [2.75, 3.05) is 4.90 Å². The number of allylic oxidation sites excluding steroid dienone is 4. The van der Waals surface area contributed by atoms with Gasteiger partial charge in [0.25, 0.3) is 0 Å². The summed E-state index contributed by atoms with van der Waals surface area (Å²) in [6.45, 7) is 0. The number of aromatic nitrogens is 1. The molecule has 2 unspecified atom stereocenters. The highest BCUT2D eigenvalue weighted by Crippen LogP contribution is 2.60. The summed E-state index contributed by atoms with van der Waals surface area (Å²) < 4.78 is 2.52. The summed E-state index contributed by atoms with van der Waals surface area (Å²) in [5.74, 6) is 0.481. The molecule has 0 saturated heterocycles. The molecule has 2 aliphatic rings. The van der Waals surface area contributed by atoms with Crippen LogP contribution in [0.15, 0.2) is 206 Å².